The maximum Gasteiger partial charge on any atom is 0.338 e. The average Bonchev–Trinajstić information content (AvgIpc) is 3.32. The summed E-state index contributed by atoms with van der Waals surface area (Å²) in [6.07, 6.45) is 1.38. The lowest BCUT2D eigenvalue weighted by atomic mass is 9.96. The molecule has 1 aliphatic heterocycles. The van der Waals surface area contributed by atoms with Crippen molar-refractivity contribution < 1.29 is 18.7 Å². The summed E-state index contributed by atoms with van der Waals surface area (Å²) in [7, 11) is 3.75. The number of fused-ring (bicyclic) bond motifs is 1. The zero-order valence-corrected chi connectivity index (χ0v) is 23.4. The second-order valence-corrected chi connectivity index (χ2v) is 10.6. The second kappa shape index (κ2) is 10.5. The van der Waals surface area contributed by atoms with E-state index in [1.807, 2.05) is 56.3 Å². The zero-order valence-electron chi connectivity index (χ0n) is 21.0. The van der Waals surface area contributed by atoms with Crippen LogP contribution in [0.1, 0.15) is 45.1 Å². The third-order valence-electron chi connectivity index (χ3n) is 5.46. The van der Waals surface area contributed by atoms with Crippen LogP contribution in [0.15, 0.2) is 60.3 Å². The minimum Gasteiger partial charge on any atom is -0.494 e. The van der Waals surface area contributed by atoms with Crippen molar-refractivity contribution in [3.63, 3.8) is 0 Å². The van der Waals surface area contributed by atoms with Gasteiger partial charge in [-0.05, 0) is 61.3 Å². The van der Waals surface area contributed by atoms with Gasteiger partial charge in [-0.15, -0.1) is 0 Å². The number of nitrogens with zero attached hydrogens (tertiary/aromatic N) is 3. The van der Waals surface area contributed by atoms with Gasteiger partial charge in [-0.25, -0.2) is 9.79 Å². The smallest absolute Gasteiger partial charge is 0.338 e. The number of anilines is 1. The van der Waals surface area contributed by atoms with Crippen molar-refractivity contribution in [3.05, 3.63) is 77.1 Å². The fraction of sp³-hybridized carbons (Fsp3) is 0.346. The molecule has 8 nitrogen and oxygen atoms in total. The summed E-state index contributed by atoms with van der Waals surface area (Å²) < 4.78 is 19.8. The lowest BCUT2D eigenvalue weighted by molar-refractivity contribution is -0.143. The van der Waals surface area contributed by atoms with E-state index >= 15 is 0 Å². The zero-order chi connectivity index (χ0) is 26.1. The highest BCUT2D eigenvalue weighted by Crippen LogP contribution is 2.32. The molecule has 0 spiro atoms. The van der Waals surface area contributed by atoms with Gasteiger partial charge in [0.25, 0.3) is 5.56 Å². The average molecular weight is 574 g/mol. The van der Waals surface area contributed by atoms with Gasteiger partial charge in [0.15, 0.2) is 4.80 Å². The number of thiazole rings is 1. The van der Waals surface area contributed by atoms with E-state index < -0.39 is 12.0 Å². The molecular weight excluding hydrogens is 546 g/mol. The summed E-state index contributed by atoms with van der Waals surface area (Å²) in [4.78, 5) is 33.9. The van der Waals surface area contributed by atoms with Gasteiger partial charge in [-0.1, -0.05) is 23.5 Å². The van der Waals surface area contributed by atoms with E-state index in [2.05, 4.69) is 20.9 Å². The van der Waals surface area contributed by atoms with Crippen molar-refractivity contribution in [2.45, 2.75) is 39.8 Å². The van der Waals surface area contributed by atoms with Gasteiger partial charge in [0.1, 0.15) is 11.5 Å². The molecule has 0 saturated heterocycles. The minimum absolute atomic E-state index is 0.265. The molecule has 0 N–H and O–H groups in total. The number of furan rings is 1. The van der Waals surface area contributed by atoms with Crippen LogP contribution in [0.25, 0.3) is 6.08 Å². The molecule has 0 radical (unpaired) electrons. The van der Waals surface area contributed by atoms with Crippen molar-refractivity contribution in [1.29, 1.82) is 0 Å². The number of benzene rings is 1. The first-order valence-electron chi connectivity index (χ1n) is 11.5. The largest absolute Gasteiger partial charge is 0.494 e. The number of carbonyl (C=O) groups excluding carboxylic acids is 1. The molecule has 4 rings (SSSR count). The number of hydrogen-bond donors (Lipinski definition) is 0. The predicted molar refractivity (Wildman–Crippen MR) is 143 cm³/mol. The molecule has 10 heteroatoms. The maximum absolute atomic E-state index is 13.7. The van der Waals surface area contributed by atoms with Crippen LogP contribution >= 0.6 is 27.3 Å². The normalized spacial score (nSPS) is 15.7. The van der Waals surface area contributed by atoms with E-state index in [1.54, 1.807) is 31.4 Å². The van der Waals surface area contributed by atoms with Gasteiger partial charge in [-0.2, -0.15) is 0 Å². The van der Waals surface area contributed by atoms with Gasteiger partial charge in [0.05, 0.1) is 39.0 Å². The molecule has 0 fully saturated rings. The van der Waals surface area contributed by atoms with Crippen LogP contribution in [0.5, 0.6) is 5.75 Å². The molecular formula is C26H28BrN3O5S. The second-order valence-electron chi connectivity index (χ2n) is 8.73. The SMILES string of the molecule is CCOc1ccc([C@@H]2C(C(=O)OC(C)C)=C(C)N=c3s/c(=C/c4cc(Br)c(N(C)C)o4)c(=O)n32)cc1. The Balaban J connectivity index is 1.90. The highest BCUT2D eigenvalue weighted by Gasteiger charge is 2.33. The Morgan fingerprint density at radius 2 is 2.00 bits per heavy atom. The Bertz CT molecular complexity index is 1500. The topological polar surface area (TPSA) is 86.3 Å². The summed E-state index contributed by atoms with van der Waals surface area (Å²) in [6, 6.07) is 8.51. The first-order chi connectivity index (χ1) is 17.1. The van der Waals surface area contributed by atoms with Crippen LogP contribution in [0.4, 0.5) is 5.88 Å². The fourth-order valence-electron chi connectivity index (χ4n) is 3.97. The lowest BCUT2D eigenvalue weighted by Crippen LogP contribution is -2.40. The maximum atomic E-state index is 13.7. The number of carbonyl (C=O) groups is 1. The molecule has 1 aromatic carbocycles. The quantitative estimate of drug-likeness (QED) is 0.397. The van der Waals surface area contributed by atoms with Gasteiger partial charge in [0.2, 0.25) is 5.88 Å². The minimum atomic E-state index is -0.689. The third kappa shape index (κ3) is 5.05. The molecule has 190 valence electrons. The molecule has 3 aromatic rings. The molecule has 0 aliphatic carbocycles. The first-order valence-corrected chi connectivity index (χ1v) is 13.1. The van der Waals surface area contributed by atoms with Crippen LogP contribution < -0.4 is 24.5 Å². The van der Waals surface area contributed by atoms with Crippen molar-refractivity contribution in [3.8, 4) is 5.75 Å². The Kier molecular flexibility index (Phi) is 7.56. The summed E-state index contributed by atoms with van der Waals surface area (Å²) in [5.41, 5.74) is 1.34. The molecule has 0 bridgehead atoms. The number of allylic oxidation sites excluding steroid dienone is 1. The monoisotopic (exact) mass is 573 g/mol. The Morgan fingerprint density at radius 3 is 2.58 bits per heavy atom. The number of aromatic nitrogens is 1. The van der Waals surface area contributed by atoms with Crippen molar-refractivity contribution in [2.24, 2.45) is 4.99 Å². The van der Waals surface area contributed by atoms with Crippen molar-refractivity contribution >= 4 is 45.2 Å². The first kappa shape index (κ1) is 26.0. The van der Waals surface area contributed by atoms with Crippen LogP contribution in [0, 0.1) is 0 Å². The van der Waals surface area contributed by atoms with E-state index in [4.69, 9.17) is 13.9 Å². The van der Waals surface area contributed by atoms with E-state index in [1.165, 1.54) is 11.3 Å². The van der Waals surface area contributed by atoms with E-state index in [-0.39, 0.29) is 11.7 Å². The number of halogens is 1. The molecule has 0 saturated carbocycles. The molecule has 2 aromatic heterocycles. The summed E-state index contributed by atoms with van der Waals surface area (Å²) in [5.74, 6) is 1.39. The molecule has 1 aliphatic rings. The van der Waals surface area contributed by atoms with E-state index in [9.17, 15) is 9.59 Å². The number of hydrogen-bond acceptors (Lipinski definition) is 8. The van der Waals surface area contributed by atoms with Gasteiger partial charge < -0.3 is 18.8 Å². The number of esters is 1. The number of rotatable bonds is 7. The molecule has 1 atom stereocenters. The molecule has 3 heterocycles. The van der Waals surface area contributed by atoms with Gasteiger partial charge in [-0.3, -0.25) is 9.36 Å². The summed E-state index contributed by atoms with van der Waals surface area (Å²) >= 11 is 4.74. The van der Waals surface area contributed by atoms with Crippen LogP contribution in [0.3, 0.4) is 0 Å². The Labute approximate surface area is 221 Å². The highest BCUT2D eigenvalue weighted by molar-refractivity contribution is 9.10. The number of ether oxygens (including phenoxy) is 2. The Morgan fingerprint density at radius 1 is 1.31 bits per heavy atom. The van der Waals surface area contributed by atoms with E-state index in [0.29, 0.717) is 44.6 Å². The van der Waals surface area contributed by atoms with Crippen LogP contribution in [-0.2, 0) is 9.53 Å². The molecule has 0 unspecified atom stereocenters. The Hall–Kier alpha value is -3.11. The lowest BCUT2D eigenvalue weighted by Gasteiger charge is -2.25. The van der Waals surface area contributed by atoms with Crippen LogP contribution in [-0.4, -0.2) is 37.3 Å². The predicted octanol–water partition coefficient (Wildman–Crippen LogP) is 4.01. The summed E-state index contributed by atoms with van der Waals surface area (Å²) in [6.45, 7) is 7.80. The van der Waals surface area contributed by atoms with Crippen molar-refractivity contribution in [2.75, 3.05) is 25.6 Å². The standard InChI is InChI=1S/C26H28BrN3O5S/c1-7-33-17-10-8-16(9-11-17)22-21(25(32)34-14(2)3)15(4)28-26-30(22)23(31)20(36-26)13-18-12-19(27)24(35-18)29(5)6/h8-14,22H,7H2,1-6H3/b20-13+/t22-/m1/s1. The van der Waals surface area contributed by atoms with Gasteiger partial charge >= 0.3 is 5.97 Å². The summed E-state index contributed by atoms with van der Waals surface area (Å²) in [5, 5.41) is 0. The van der Waals surface area contributed by atoms with Crippen LogP contribution in [0.2, 0.25) is 0 Å². The van der Waals surface area contributed by atoms with E-state index in [0.717, 1.165) is 10.0 Å². The highest BCUT2D eigenvalue weighted by atomic mass is 79.9. The molecule has 0 amide bonds. The van der Waals surface area contributed by atoms with Crippen molar-refractivity contribution in [1.82, 2.24) is 4.57 Å². The molecule has 36 heavy (non-hydrogen) atoms. The van der Waals surface area contributed by atoms with Gasteiger partial charge in [0, 0.05) is 26.2 Å². The fourth-order valence-corrected chi connectivity index (χ4v) is 5.66. The third-order valence-corrected chi connectivity index (χ3v) is 7.01.